The van der Waals surface area contributed by atoms with Gasteiger partial charge in [0.1, 0.15) is 17.3 Å². The molecule has 0 spiro atoms. The van der Waals surface area contributed by atoms with Crippen molar-refractivity contribution in [1.82, 2.24) is 4.72 Å². The summed E-state index contributed by atoms with van der Waals surface area (Å²) in [6.07, 6.45) is 1.24. The first kappa shape index (κ1) is 16.0. The molecular weight excluding hydrogens is 350 g/mol. The molecule has 0 aliphatic carbocycles. The minimum atomic E-state index is -3.69. The SMILES string of the molecule is CC1(C)CC(NS(=O)(=O)c2cc(CO)oc2Br)CCO1. The maximum Gasteiger partial charge on any atom is 0.245 e. The molecule has 0 amide bonds. The zero-order valence-electron chi connectivity index (χ0n) is 11.3. The van der Waals surface area contributed by atoms with Crippen LogP contribution in [0.15, 0.2) is 20.0 Å². The molecule has 2 N–H and O–H groups in total. The highest BCUT2D eigenvalue weighted by Gasteiger charge is 2.33. The van der Waals surface area contributed by atoms with Crippen LogP contribution in [-0.2, 0) is 21.4 Å². The Hall–Kier alpha value is -0.410. The first-order valence-corrected chi connectivity index (χ1v) is 8.56. The van der Waals surface area contributed by atoms with Gasteiger partial charge in [0.2, 0.25) is 10.0 Å². The van der Waals surface area contributed by atoms with Crippen molar-refractivity contribution in [3.63, 3.8) is 0 Å². The molecule has 0 saturated carbocycles. The summed E-state index contributed by atoms with van der Waals surface area (Å²) in [5, 5.41) is 8.98. The zero-order chi connectivity index (χ0) is 15.0. The molecule has 20 heavy (non-hydrogen) atoms. The van der Waals surface area contributed by atoms with Gasteiger partial charge in [-0.3, -0.25) is 0 Å². The quantitative estimate of drug-likeness (QED) is 0.846. The van der Waals surface area contributed by atoms with E-state index >= 15 is 0 Å². The van der Waals surface area contributed by atoms with Gasteiger partial charge in [-0.2, -0.15) is 0 Å². The van der Waals surface area contributed by atoms with E-state index in [1.165, 1.54) is 6.07 Å². The number of ether oxygens (including phenoxy) is 1. The average Bonchev–Trinajstić information content (AvgIpc) is 2.69. The van der Waals surface area contributed by atoms with Gasteiger partial charge in [0.25, 0.3) is 0 Å². The highest BCUT2D eigenvalue weighted by molar-refractivity contribution is 9.10. The largest absolute Gasteiger partial charge is 0.450 e. The third-order valence-electron chi connectivity index (χ3n) is 3.17. The highest BCUT2D eigenvalue weighted by atomic mass is 79.9. The van der Waals surface area contributed by atoms with Crippen molar-refractivity contribution < 1.29 is 22.7 Å². The first-order chi connectivity index (χ1) is 9.23. The Labute approximate surface area is 126 Å². The molecule has 0 bridgehead atoms. The predicted octanol–water partition coefficient (Wildman–Crippen LogP) is 1.77. The zero-order valence-corrected chi connectivity index (χ0v) is 13.8. The van der Waals surface area contributed by atoms with Crippen molar-refractivity contribution >= 4 is 26.0 Å². The third-order valence-corrected chi connectivity index (χ3v) is 5.55. The second kappa shape index (κ2) is 5.76. The number of halogens is 1. The van der Waals surface area contributed by atoms with E-state index in [2.05, 4.69) is 20.7 Å². The van der Waals surface area contributed by atoms with Crippen molar-refractivity contribution in [3.05, 3.63) is 16.5 Å². The number of hydrogen-bond donors (Lipinski definition) is 2. The van der Waals surface area contributed by atoms with Gasteiger partial charge >= 0.3 is 0 Å². The summed E-state index contributed by atoms with van der Waals surface area (Å²) in [6, 6.07) is 1.14. The number of rotatable bonds is 4. The average molecular weight is 368 g/mol. The van der Waals surface area contributed by atoms with E-state index in [1.807, 2.05) is 13.8 Å². The van der Waals surface area contributed by atoms with Gasteiger partial charge in [-0.1, -0.05) is 0 Å². The van der Waals surface area contributed by atoms with E-state index in [1.54, 1.807) is 0 Å². The van der Waals surface area contributed by atoms with Crippen molar-refractivity contribution in [2.24, 2.45) is 0 Å². The minimum absolute atomic E-state index is 0.00541. The maximum atomic E-state index is 12.3. The van der Waals surface area contributed by atoms with Gasteiger partial charge in [-0.05, 0) is 42.6 Å². The molecule has 1 saturated heterocycles. The molecule has 2 heterocycles. The lowest BCUT2D eigenvalue weighted by atomic mass is 9.95. The Balaban J connectivity index is 2.16. The molecule has 0 radical (unpaired) electrons. The Morgan fingerprint density at radius 1 is 1.55 bits per heavy atom. The predicted molar refractivity (Wildman–Crippen MR) is 75.7 cm³/mol. The van der Waals surface area contributed by atoms with E-state index in [4.69, 9.17) is 14.3 Å². The Morgan fingerprint density at radius 3 is 2.80 bits per heavy atom. The smallest absolute Gasteiger partial charge is 0.245 e. The number of nitrogens with one attached hydrogen (secondary N) is 1. The van der Waals surface area contributed by atoms with E-state index in [-0.39, 0.29) is 33.6 Å². The van der Waals surface area contributed by atoms with Gasteiger partial charge in [0, 0.05) is 18.7 Å². The van der Waals surface area contributed by atoms with Gasteiger partial charge in [-0.25, -0.2) is 13.1 Å². The van der Waals surface area contributed by atoms with Gasteiger partial charge in [0.05, 0.1) is 5.60 Å². The molecule has 1 atom stereocenters. The molecule has 1 aliphatic heterocycles. The molecule has 0 aromatic carbocycles. The Morgan fingerprint density at radius 2 is 2.25 bits per heavy atom. The van der Waals surface area contributed by atoms with Gasteiger partial charge in [-0.15, -0.1) is 0 Å². The van der Waals surface area contributed by atoms with E-state index in [0.29, 0.717) is 19.4 Å². The normalized spacial score (nSPS) is 22.9. The molecule has 1 aliphatic rings. The summed E-state index contributed by atoms with van der Waals surface area (Å²) in [6.45, 7) is 4.04. The lowest BCUT2D eigenvalue weighted by Gasteiger charge is -2.35. The Kier molecular flexibility index (Phi) is 4.60. The highest BCUT2D eigenvalue weighted by Crippen LogP contribution is 2.29. The second-order valence-electron chi connectivity index (χ2n) is 5.43. The maximum absolute atomic E-state index is 12.3. The summed E-state index contributed by atoms with van der Waals surface area (Å²) in [5.41, 5.74) is -0.338. The van der Waals surface area contributed by atoms with E-state index in [0.717, 1.165) is 0 Å². The third kappa shape index (κ3) is 3.62. The molecule has 2 rings (SSSR count). The first-order valence-electron chi connectivity index (χ1n) is 6.29. The summed E-state index contributed by atoms with van der Waals surface area (Å²) >= 11 is 3.06. The van der Waals surface area contributed by atoms with Crippen LogP contribution in [0.25, 0.3) is 0 Å². The molecular formula is C12H18BrNO5S. The van der Waals surface area contributed by atoms with Gasteiger partial charge < -0.3 is 14.3 Å². The topological polar surface area (TPSA) is 88.8 Å². The summed E-state index contributed by atoms with van der Waals surface area (Å²) in [4.78, 5) is 0.00541. The molecule has 6 nitrogen and oxygen atoms in total. The standard InChI is InChI=1S/C12H18BrNO5S/c1-12(2)6-8(3-4-18-12)14-20(16,17)10-5-9(7-15)19-11(10)13/h5,8,14-15H,3-4,6-7H2,1-2H3. The number of hydrogen-bond acceptors (Lipinski definition) is 5. The van der Waals surface area contributed by atoms with Crippen LogP contribution in [0.2, 0.25) is 0 Å². The number of furan rings is 1. The van der Waals surface area contributed by atoms with Crippen LogP contribution in [0, 0.1) is 0 Å². The van der Waals surface area contributed by atoms with Gasteiger partial charge in [0.15, 0.2) is 4.67 Å². The van der Waals surface area contributed by atoms with Crippen molar-refractivity contribution in [2.45, 2.75) is 49.8 Å². The fraction of sp³-hybridized carbons (Fsp3) is 0.667. The minimum Gasteiger partial charge on any atom is -0.450 e. The Bertz CT molecular complexity index is 581. The van der Waals surface area contributed by atoms with Crippen LogP contribution < -0.4 is 4.72 Å². The van der Waals surface area contributed by atoms with Crippen LogP contribution in [0.1, 0.15) is 32.4 Å². The second-order valence-corrected chi connectivity index (χ2v) is 7.83. The molecule has 1 aromatic rings. The lowest BCUT2D eigenvalue weighted by molar-refractivity contribution is -0.0599. The van der Waals surface area contributed by atoms with Crippen molar-refractivity contribution in [2.75, 3.05) is 6.61 Å². The number of sulfonamides is 1. The monoisotopic (exact) mass is 367 g/mol. The van der Waals surface area contributed by atoms with Crippen LogP contribution in [-0.4, -0.2) is 31.8 Å². The lowest BCUT2D eigenvalue weighted by Crippen LogP contribution is -2.45. The molecule has 8 heteroatoms. The summed E-state index contributed by atoms with van der Waals surface area (Å²) in [5.74, 6) is 0.199. The van der Waals surface area contributed by atoms with E-state index in [9.17, 15) is 8.42 Å². The molecule has 1 aromatic heterocycles. The van der Waals surface area contributed by atoms with Crippen molar-refractivity contribution in [1.29, 1.82) is 0 Å². The molecule has 114 valence electrons. The summed E-state index contributed by atoms with van der Waals surface area (Å²) in [7, 11) is -3.69. The van der Waals surface area contributed by atoms with Crippen molar-refractivity contribution in [3.8, 4) is 0 Å². The number of aliphatic hydroxyl groups excluding tert-OH is 1. The molecule has 1 fully saturated rings. The van der Waals surface area contributed by atoms with Crippen LogP contribution >= 0.6 is 15.9 Å². The molecule has 1 unspecified atom stereocenters. The number of aliphatic hydroxyl groups is 1. The summed E-state index contributed by atoms with van der Waals surface area (Å²) < 4.78 is 38.1. The van der Waals surface area contributed by atoms with Crippen LogP contribution in [0.3, 0.4) is 0 Å². The van der Waals surface area contributed by atoms with Crippen LogP contribution in [0.5, 0.6) is 0 Å². The fourth-order valence-electron chi connectivity index (χ4n) is 2.27. The van der Waals surface area contributed by atoms with Crippen LogP contribution in [0.4, 0.5) is 0 Å². The van der Waals surface area contributed by atoms with E-state index < -0.39 is 10.0 Å². The fourth-order valence-corrected chi connectivity index (χ4v) is 4.54.